The number of hydrogen-bond acceptors (Lipinski definition) is 4. The fourth-order valence-electron chi connectivity index (χ4n) is 2.68. The van der Waals surface area contributed by atoms with Crippen LogP contribution in [-0.4, -0.2) is 40.5 Å². The van der Waals surface area contributed by atoms with Crippen LogP contribution in [0.25, 0.3) is 0 Å². The van der Waals surface area contributed by atoms with Gasteiger partial charge in [-0.1, -0.05) is 18.2 Å². The van der Waals surface area contributed by atoms with Crippen molar-refractivity contribution in [3.8, 4) is 5.75 Å². The van der Waals surface area contributed by atoms with Crippen LogP contribution in [0.4, 0.5) is 0 Å². The van der Waals surface area contributed by atoms with Crippen molar-refractivity contribution >= 4 is 5.91 Å². The van der Waals surface area contributed by atoms with E-state index in [0.717, 1.165) is 31.7 Å². The number of carbonyl (C=O) groups is 1. The van der Waals surface area contributed by atoms with Gasteiger partial charge in [0.25, 0.3) is 5.91 Å². The molecule has 0 bridgehead atoms. The molecule has 5 heteroatoms. The fraction of sp³-hybridized carbons (Fsp3) is 0.353. The summed E-state index contributed by atoms with van der Waals surface area (Å²) in [5.41, 5.74) is 0.420. The third-order valence-electron chi connectivity index (χ3n) is 3.89. The number of rotatable bonds is 5. The average Bonchev–Trinajstić information content (AvgIpc) is 3.05. The van der Waals surface area contributed by atoms with E-state index in [2.05, 4.69) is 9.97 Å². The van der Waals surface area contributed by atoms with Crippen molar-refractivity contribution in [2.75, 3.05) is 19.7 Å². The van der Waals surface area contributed by atoms with E-state index in [-0.39, 0.29) is 5.91 Å². The van der Waals surface area contributed by atoms with Crippen LogP contribution in [-0.2, 0) is 0 Å². The molecule has 2 aromatic rings. The smallest absolute Gasteiger partial charge is 0.274 e. The zero-order chi connectivity index (χ0) is 15.2. The second-order valence-corrected chi connectivity index (χ2v) is 5.45. The number of benzene rings is 1. The average molecular weight is 297 g/mol. The van der Waals surface area contributed by atoms with Crippen LogP contribution in [0.5, 0.6) is 5.75 Å². The van der Waals surface area contributed by atoms with E-state index in [9.17, 15) is 4.79 Å². The first-order chi connectivity index (χ1) is 10.8. The second kappa shape index (κ2) is 7.02. The summed E-state index contributed by atoms with van der Waals surface area (Å²) in [4.78, 5) is 22.2. The number of ether oxygens (including phenoxy) is 1. The first-order valence-electron chi connectivity index (χ1n) is 7.56. The van der Waals surface area contributed by atoms with Gasteiger partial charge < -0.3 is 9.64 Å². The van der Waals surface area contributed by atoms with E-state index in [1.165, 1.54) is 6.20 Å². The number of hydrogen-bond donors (Lipinski definition) is 0. The zero-order valence-corrected chi connectivity index (χ0v) is 12.4. The molecule has 0 aliphatic carbocycles. The molecule has 0 spiro atoms. The van der Waals surface area contributed by atoms with E-state index >= 15 is 0 Å². The van der Waals surface area contributed by atoms with Gasteiger partial charge in [0.05, 0.1) is 12.8 Å². The van der Waals surface area contributed by atoms with E-state index < -0.39 is 0 Å². The molecule has 1 aromatic heterocycles. The van der Waals surface area contributed by atoms with Crippen molar-refractivity contribution in [3.63, 3.8) is 0 Å². The van der Waals surface area contributed by atoms with E-state index in [1.807, 2.05) is 35.2 Å². The van der Waals surface area contributed by atoms with Gasteiger partial charge in [-0.15, -0.1) is 0 Å². The number of amides is 1. The maximum absolute atomic E-state index is 12.3. The predicted molar refractivity (Wildman–Crippen MR) is 82.6 cm³/mol. The first-order valence-corrected chi connectivity index (χ1v) is 7.56. The molecule has 1 fully saturated rings. The second-order valence-electron chi connectivity index (χ2n) is 5.45. The Kier molecular flexibility index (Phi) is 4.63. The van der Waals surface area contributed by atoms with Crippen molar-refractivity contribution in [2.24, 2.45) is 5.92 Å². The number of para-hydroxylation sites is 1. The van der Waals surface area contributed by atoms with Gasteiger partial charge in [0, 0.05) is 25.5 Å². The Morgan fingerprint density at radius 1 is 1.27 bits per heavy atom. The summed E-state index contributed by atoms with van der Waals surface area (Å²) in [5, 5.41) is 0. The largest absolute Gasteiger partial charge is 0.494 e. The Balaban J connectivity index is 1.45. The van der Waals surface area contributed by atoms with Gasteiger partial charge in [-0.25, -0.2) is 4.98 Å². The normalized spacial score (nSPS) is 17.5. The molecule has 1 aliphatic rings. The van der Waals surface area contributed by atoms with E-state index in [0.29, 0.717) is 18.2 Å². The topological polar surface area (TPSA) is 55.3 Å². The van der Waals surface area contributed by atoms with Gasteiger partial charge >= 0.3 is 0 Å². The number of carbonyl (C=O) groups excluding carboxylic acids is 1. The number of likely N-dealkylation sites (tertiary alicyclic amines) is 1. The van der Waals surface area contributed by atoms with Gasteiger partial charge in [0.1, 0.15) is 11.4 Å². The molecule has 1 aliphatic heterocycles. The van der Waals surface area contributed by atoms with Crippen LogP contribution in [0.1, 0.15) is 23.3 Å². The standard InChI is InChI=1S/C17H19N3O2/c21-17(16-12-18-8-9-19-16)20-10-6-14(13-20)7-11-22-15-4-2-1-3-5-15/h1-5,8-9,12,14H,6-7,10-11,13H2. The van der Waals surface area contributed by atoms with Gasteiger partial charge in [-0.3, -0.25) is 9.78 Å². The monoisotopic (exact) mass is 297 g/mol. The molecule has 3 rings (SSSR count). The first kappa shape index (κ1) is 14.5. The molecule has 1 aromatic carbocycles. The maximum atomic E-state index is 12.3. The Labute approximate surface area is 130 Å². The van der Waals surface area contributed by atoms with E-state index in [1.54, 1.807) is 12.4 Å². The third-order valence-corrected chi connectivity index (χ3v) is 3.89. The van der Waals surface area contributed by atoms with Crippen molar-refractivity contribution < 1.29 is 9.53 Å². The minimum atomic E-state index is -0.0282. The lowest BCUT2D eigenvalue weighted by Gasteiger charge is -2.16. The molecule has 1 atom stereocenters. The molecular weight excluding hydrogens is 278 g/mol. The SMILES string of the molecule is O=C(c1cnccn1)N1CCC(CCOc2ccccc2)C1. The molecule has 114 valence electrons. The molecule has 1 saturated heterocycles. The summed E-state index contributed by atoms with van der Waals surface area (Å²) in [6, 6.07) is 9.81. The molecule has 1 unspecified atom stereocenters. The van der Waals surface area contributed by atoms with Crippen molar-refractivity contribution in [1.29, 1.82) is 0 Å². The molecule has 5 nitrogen and oxygen atoms in total. The molecule has 22 heavy (non-hydrogen) atoms. The third kappa shape index (κ3) is 3.61. The van der Waals surface area contributed by atoms with Crippen LogP contribution in [0.2, 0.25) is 0 Å². The highest BCUT2D eigenvalue weighted by Crippen LogP contribution is 2.21. The van der Waals surface area contributed by atoms with E-state index in [4.69, 9.17) is 4.74 Å². The summed E-state index contributed by atoms with van der Waals surface area (Å²) in [7, 11) is 0. The number of nitrogens with zero attached hydrogens (tertiary/aromatic N) is 3. The summed E-state index contributed by atoms with van der Waals surface area (Å²) < 4.78 is 5.72. The maximum Gasteiger partial charge on any atom is 0.274 e. The molecule has 0 N–H and O–H groups in total. The quantitative estimate of drug-likeness (QED) is 0.850. The Bertz CT molecular complexity index is 604. The fourth-order valence-corrected chi connectivity index (χ4v) is 2.68. The molecule has 2 heterocycles. The number of aromatic nitrogens is 2. The summed E-state index contributed by atoms with van der Waals surface area (Å²) in [6.07, 6.45) is 6.62. The molecule has 0 radical (unpaired) electrons. The Morgan fingerprint density at radius 2 is 2.14 bits per heavy atom. The highest BCUT2D eigenvalue weighted by atomic mass is 16.5. The van der Waals surface area contributed by atoms with Gasteiger partial charge in [-0.05, 0) is 30.9 Å². The van der Waals surface area contributed by atoms with Crippen LogP contribution in [0.15, 0.2) is 48.9 Å². The van der Waals surface area contributed by atoms with Crippen LogP contribution >= 0.6 is 0 Å². The lowest BCUT2D eigenvalue weighted by atomic mass is 10.1. The van der Waals surface area contributed by atoms with Gasteiger partial charge in [-0.2, -0.15) is 0 Å². The lowest BCUT2D eigenvalue weighted by molar-refractivity contribution is 0.0779. The lowest BCUT2D eigenvalue weighted by Crippen LogP contribution is -2.29. The van der Waals surface area contributed by atoms with Gasteiger partial charge in [0.2, 0.25) is 0 Å². The van der Waals surface area contributed by atoms with Crippen molar-refractivity contribution in [3.05, 3.63) is 54.6 Å². The van der Waals surface area contributed by atoms with Crippen molar-refractivity contribution in [1.82, 2.24) is 14.9 Å². The van der Waals surface area contributed by atoms with Crippen LogP contribution in [0.3, 0.4) is 0 Å². The summed E-state index contributed by atoms with van der Waals surface area (Å²) in [5.74, 6) is 1.36. The van der Waals surface area contributed by atoms with Gasteiger partial charge in [0.15, 0.2) is 0 Å². The zero-order valence-electron chi connectivity index (χ0n) is 12.4. The molecular formula is C17H19N3O2. The van der Waals surface area contributed by atoms with Crippen LogP contribution < -0.4 is 4.74 Å². The highest BCUT2D eigenvalue weighted by Gasteiger charge is 2.27. The molecule has 1 amide bonds. The summed E-state index contributed by atoms with van der Waals surface area (Å²) >= 11 is 0. The minimum absolute atomic E-state index is 0.0282. The predicted octanol–water partition coefficient (Wildman–Crippen LogP) is 2.41. The Hall–Kier alpha value is -2.43. The van der Waals surface area contributed by atoms with Crippen molar-refractivity contribution in [2.45, 2.75) is 12.8 Å². The Morgan fingerprint density at radius 3 is 2.91 bits per heavy atom. The molecule has 0 saturated carbocycles. The van der Waals surface area contributed by atoms with Crippen LogP contribution in [0, 0.1) is 5.92 Å². The summed E-state index contributed by atoms with van der Waals surface area (Å²) in [6.45, 7) is 2.24. The highest BCUT2D eigenvalue weighted by molar-refractivity contribution is 5.92. The minimum Gasteiger partial charge on any atom is -0.494 e.